The van der Waals surface area contributed by atoms with E-state index in [0.29, 0.717) is 6.42 Å². The molecule has 0 radical (unpaired) electrons. The monoisotopic (exact) mass is 294 g/mol. The molecule has 0 aromatic rings. The van der Waals surface area contributed by atoms with Gasteiger partial charge in [0.25, 0.3) is 0 Å². The van der Waals surface area contributed by atoms with Crippen molar-refractivity contribution in [3.8, 4) is 0 Å². The molecule has 0 spiro atoms. The predicted molar refractivity (Wildman–Crippen MR) is 70.9 cm³/mol. The van der Waals surface area contributed by atoms with Crippen molar-refractivity contribution in [1.29, 1.82) is 0 Å². The van der Waals surface area contributed by atoms with E-state index in [1.54, 1.807) is 20.8 Å². The summed E-state index contributed by atoms with van der Waals surface area (Å²) >= 11 is 0. The molecule has 19 heavy (non-hydrogen) atoms. The first kappa shape index (κ1) is 18.1. The van der Waals surface area contributed by atoms with Gasteiger partial charge < -0.3 is 4.74 Å². The second-order valence-electron chi connectivity index (χ2n) is 4.86. The molecule has 0 fully saturated rings. The molecule has 0 rings (SSSR count). The van der Waals surface area contributed by atoms with Gasteiger partial charge in [-0.2, -0.15) is 8.42 Å². The van der Waals surface area contributed by atoms with Crippen LogP contribution in [0.4, 0.5) is 0 Å². The zero-order valence-corrected chi connectivity index (χ0v) is 12.8. The molecule has 0 heterocycles. The van der Waals surface area contributed by atoms with Crippen LogP contribution >= 0.6 is 0 Å². The number of carbonyl (C=O) groups excluding carboxylic acids is 1. The lowest BCUT2D eigenvalue weighted by Crippen LogP contribution is -2.44. The Labute approximate surface area is 114 Å². The molecule has 6 nitrogen and oxygen atoms in total. The van der Waals surface area contributed by atoms with Gasteiger partial charge in [0.2, 0.25) is 0 Å². The van der Waals surface area contributed by atoms with Gasteiger partial charge in [0.15, 0.2) is 0 Å². The van der Waals surface area contributed by atoms with Crippen molar-refractivity contribution < 1.29 is 26.7 Å². The maximum atomic E-state index is 11.4. The topological polar surface area (TPSA) is 89.9 Å². The summed E-state index contributed by atoms with van der Waals surface area (Å²) in [4.78, 5) is 11.4. The first-order valence-corrected chi connectivity index (χ1v) is 7.34. The second kappa shape index (κ2) is 6.49. The molecule has 0 aliphatic rings. The van der Waals surface area contributed by atoms with Crippen LogP contribution in [0.3, 0.4) is 0 Å². The van der Waals surface area contributed by atoms with E-state index in [1.165, 1.54) is 13.8 Å². The number of ether oxygens (including phenoxy) is 1. The molecule has 0 saturated carbocycles. The molecule has 112 valence electrons. The van der Waals surface area contributed by atoms with Crippen LogP contribution in [0.2, 0.25) is 0 Å². The Morgan fingerprint density at radius 1 is 1.42 bits per heavy atom. The van der Waals surface area contributed by atoms with E-state index in [4.69, 9.17) is 13.5 Å². The van der Waals surface area contributed by atoms with Gasteiger partial charge in [-0.25, -0.2) is 8.98 Å². The van der Waals surface area contributed by atoms with Crippen LogP contribution in [0.25, 0.3) is 0 Å². The minimum Gasteiger partial charge on any atom is -0.459 e. The third-order valence-corrected chi connectivity index (χ3v) is 3.90. The van der Waals surface area contributed by atoms with E-state index in [0.717, 1.165) is 0 Å². The molecule has 0 amide bonds. The van der Waals surface area contributed by atoms with E-state index in [9.17, 15) is 13.2 Å². The number of carbonyl (C=O) groups is 1. The lowest BCUT2D eigenvalue weighted by molar-refractivity contribution is -0.149. The molecular formula is C12H22O6S. The molecular weight excluding hydrogens is 272 g/mol. The van der Waals surface area contributed by atoms with E-state index in [2.05, 4.69) is 6.58 Å². The van der Waals surface area contributed by atoms with Gasteiger partial charge in [0, 0.05) is 11.5 Å². The standard InChI is InChI=1S/C12H22O6S/c1-7-12(6,18-19(14,15)16)9(4)10(5)17-11(13)8(2)3/h9-10H,2,7H2,1,3-6H3,(H,14,15,16). The summed E-state index contributed by atoms with van der Waals surface area (Å²) in [7, 11) is -4.58. The van der Waals surface area contributed by atoms with Gasteiger partial charge in [-0.1, -0.05) is 20.4 Å². The molecule has 0 saturated heterocycles. The fourth-order valence-corrected chi connectivity index (χ4v) is 2.32. The van der Waals surface area contributed by atoms with Crippen molar-refractivity contribution in [2.75, 3.05) is 0 Å². The zero-order valence-electron chi connectivity index (χ0n) is 12.0. The average molecular weight is 294 g/mol. The number of hydrogen-bond donors (Lipinski definition) is 1. The quantitative estimate of drug-likeness (QED) is 0.439. The van der Waals surface area contributed by atoms with Crippen LogP contribution in [-0.4, -0.2) is 30.6 Å². The summed E-state index contributed by atoms with van der Waals surface area (Å²) in [5, 5.41) is 0. The first-order valence-electron chi connectivity index (χ1n) is 5.97. The maximum absolute atomic E-state index is 11.4. The zero-order chi connectivity index (χ0) is 15.4. The Kier molecular flexibility index (Phi) is 6.18. The molecule has 3 unspecified atom stereocenters. The van der Waals surface area contributed by atoms with Gasteiger partial charge in [0.05, 0.1) is 5.60 Å². The summed E-state index contributed by atoms with van der Waals surface area (Å²) in [6, 6.07) is 0. The van der Waals surface area contributed by atoms with Crippen molar-refractivity contribution in [3.63, 3.8) is 0 Å². The lowest BCUT2D eigenvalue weighted by Gasteiger charge is -2.35. The highest BCUT2D eigenvalue weighted by atomic mass is 32.3. The molecule has 0 aromatic carbocycles. The molecule has 0 aliphatic heterocycles. The molecule has 3 atom stereocenters. The molecule has 0 aliphatic carbocycles. The Morgan fingerprint density at radius 3 is 2.21 bits per heavy atom. The Bertz CT molecular complexity index is 441. The van der Waals surface area contributed by atoms with Gasteiger partial charge in [0.1, 0.15) is 6.10 Å². The highest BCUT2D eigenvalue weighted by Crippen LogP contribution is 2.31. The fraction of sp³-hybridized carbons (Fsp3) is 0.750. The van der Waals surface area contributed by atoms with Crippen molar-refractivity contribution in [1.82, 2.24) is 0 Å². The van der Waals surface area contributed by atoms with E-state index in [-0.39, 0.29) is 5.57 Å². The number of esters is 1. The third-order valence-electron chi connectivity index (χ3n) is 3.31. The molecule has 0 bridgehead atoms. The van der Waals surface area contributed by atoms with Crippen LogP contribution in [0, 0.1) is 5.92 Å². The predicted octanol–water partition coefficient (Wildman–Crippen LogP) is 2.12. The summed E-state index contributed by atoms with van der Waals surface area (Å²) in [6.45, 7) is 11.6. The Hall–Kier alpha value is -0.920. The van der Waals surface area contributed by atoms with Crippen LogP contribution < -0.4 is 0 Å². The smallest absolute Gasteiger partial charge is 0.397 e. The Balaban J connectivity index is 4.97. The van der Waals surface area contributed by atoms with Crippen molar-refractivity contribution in [3.05, 3.63) is 12.2 Å². The summed E-state index contributed by atoms with van der Waals surface area (Å²) in [6.07, 6.45) is -0.265. The molecule has 0 aromatic heterocycles. The minimum atomic E-state index is -4.58. The van der Waals surface area contributed by atoms with Crippen LogP contribution in [0.5, 0.6) is 0 Å². The van der Waals surface area contributed by atoms with Crippen LogP contribution in [0.1, 0.15) is 41.0 Å². The van der Waals surface area contributed by atoms with Gasteiger partial charge in [-0.05, 0) is 27.2 Å². The van der Waals surface area contributed by atoms with E-state index >= 15 is 0 Å². The van der Waals surface area contributed by atoms with Crippen LogP contribution in [-0.2, 0) is 24.1 Å². The third kappa shape index (κ3) is 5.71. The summed E-state index contributed by atoms with van der Waals surface area (Å²) in [5.74, 6) is -0.993. The van der Waals surface area contributed by atoms with Gasteiger partial charge in [-0.15, -0.1) is 0 Å². The van der Waals surface area contributed by atoms with Crippen molar-refractivity contribution in [2.45, 2.75) is 52.7 Å². The molecule has 1 N–H and O–H groups in total. The lowest BCUT2D eigenvalue weighted by atomic mass is 9.85. The highest BCUT2D eigenvalue weighted by Gasteiger charge is 2.39. The molecule has 7 heteroatoms. The number of hydrogen-bond acceptors (Lipinski definition) is 5. The maximum Gasteiger partial charge on any atom is 0.397 e. The highest BCUT2D eigenvalue weighted by molar-refractivity contribution is 7.80. The SMILES string of the molecule is C=C(C)C(=O)OC(C)C(C)C(C)(CC)OS(=O)(=O)O. The fourth-order valence-electron chi connectivity index (χ4n) is 1.57. The van der Waals surface area contributed by atoms with Gasteiger partial charge >= 0.3 is 16.4 Å². The van der Waals surface area contributed by atoms with Crippen molar-refractivity contribution >= 4 is 16.4 Å². The van der Waals surface area contributed by atoms with Crippen molar-refractivity contribution in [2.24, 2.45) is 5.92 Å². The Morgan fingerprint density at radius 2 is 1.89 bits per heavy atom. The van der Waals surface area contributed by atoms with E-state index < -0.39 is 34.0 Å². The minimum absolute atomic E-state index is 0.257. The largest absolute Gasteiger partial charge is 0.459 e. The summed E-state index contributed by atoms with van der Waals surface area (Å²) < 4.78 is 40.4. The van der Waals surface area contributed by atoms with Crippen LogP contribution in [0.15, 0.2) is 12.2 Å². The first-order chi connectivity index (χ1) is 8.43. The second-order valence-corrected chi connectivity index (χ2v) is 5.88. The van der Waals surface area contributed by atoms with Gasteiger partial charge in [-0.3, -0.25) is 4.55 Å². The normalized spacial score (nSPS) is 18.2. The van der Waals surface area contributed by atoms with E-state index in [1.807, 2.05) is 0 Å². The average Bonchev–Trinajstić information content (AvgIpc) is 2.25. The summed E-state index contributed by atoms with van der Waals surface area (Å²) in [5.41, 5.74) is -0.907. The number of rotatable bonds is 7.